The first-order valence-corrected chi connectivity index (χ1v) is 6.16. The van der Waals surface area contributed by atoms with E-state index in [9.17, 15) is 19.3 Å². The average molecular weight is 340 g/mol. The van der Waals surface area contributed by atoms with Crippen molar-refractivity contribution in [1.82, 2.24) is 0 Å². The molecule has 2 rings (SSSR count). The largest absolute Gasteiger partial charge is 0.450 e. The summed E-state index contributed by atoms with van der Waals surface area (Å²) < 4.78 is 19.1. The van der Waals surface area contributed by atoms with Crippen molar-refractivity contribution < 1.29 is 18.8 Å². The predicted octanol–water partition coefficient (Wildman–Crippen LogP) is 4.10. The third-order valence-electron chi connectivity index (χ3n) is 2.38. The Bertz CT molecular complexity index is 690. The molecule has 0 bridgehead atoms. The Hall–Kier alpha value is -2.28. The van der Waals surface area contributed by atoms with Gasteiger partial charge in [-0.2, -0.15) is 0 Å². The molecule has 0 saturated heterocycles. The Morgan fingerprint density at radius 1 is 1.25 bits per heavy atom. The molecule has 0 aliphatic heterocycles. The number of hydrogen-bond donors (Lipinski definition) is 0. The number of hydrogen-bond acceptors (Lipinski definition) is 4. The van der Waals surface area contributed by atoms with Crippen LogP contribution in [-0.2, 0) is 0 Å². The molecule has 0 heterocycles. The van der Waals surface area contributed by atoms with Crippen molar-refractivity contribution in [3.8, 4) is 11.5 Å². The monoisotopic (exact) mass is 339 g/mol. The first-order valence-electron chi connectivity index (χ1n) is 5.37. The fraction of sp³-hybridized carbons (Fsp3) is 0. The summed E-state index contributed by atoms with van der Waals surface area (Å²) in [7, 11) is 0. The van der Waals surface area contributed by atoms with Crippen LogP contribution < -0.4 is 4.74 Å². The summed E-state index contributed by atoms with van der Waals surface area (Å²) in [4.78, 5) is 21.0. The third-order valence-corrected chi connectivity index (χ3v) is 2.87. The molecule has 2 aromatic rings. The van der Waals surface area contributed by atoms with Gasteiger partial charge in [0.15, 0.2) is 0 Å². The van der Waals surface area contributed by atoms with Crippen molar-refractivity contribution >= 4 is 27.9 Å². The zero-order valence-corrected chi connectivity index (χ0v) is 11.5. The second-order valence-corrected chi connectivity index (χ2v) is 4.73. The van der Waals surface area contributed by atoms with Gasteiger partial charge in [-0.05, 0) is 24.3 Å². The lowest BCUT2D eigenvalue weighted by molar-refractivity contribution is -0.385. The number of nitro groups is 1. The second-order valence-electron chi connectivity index (χ2n) is 3.81. The van der Waals surface area contributed by atoms with Gasteiger partial charge in [0.25, 0.3) is 0 Å². The minimum Gasteiger partial charge on any atom is -0.450 e. The number of nitrogens with zero attached hydrogens (tertiary/aromatic N) is 1. The van der Waals surface area contributed by atoms with E-state index in [-0.39, 0.29) is 22.7 Å². The fourth-order valence-electron chi connectivity index (χ4n) is 1.56. The first kappa shape index (κ1) is 14.1. The van der Waals surface area contributed by atoms with E-state index in [0.717, 1.165) is 12.1 Å². The topological polar surface area (TPSA) is 69.4 Å². The highest BCUT2D eigenvalue weighted by Gasteiger charge is 2.16. The molecule has 102 valence electrons. The molecule has 0 radical (unpaired) electrons. The average Bonchev–Trinajstić information content (AvgIpc) is 2.40. The molecular formula is C13H7BrFNO4. The van der Waals surface area contributed by atoms with Crippen LogP contribution in [0.4, 0.5) is 10.1 Å². The van der Waals surface area contributed by atoms with Crippen LogP contribution in [0.3, 0.4) is 0 Å². The molecule has 0 atom stereocenters. The van der Waals surface area contributed by atoms with Crippen molar-refractivity contribution in [2.24, 2.45) is 0 Å². The Labute approximate surface area is 121 Å². The van der Waals surface area contributed by atoms with Gasteiger partial charge in [0.05, 0.1) is 4.92 Å². The van der Waals surface area contributed by atoms with E-state index in [1.807, 2.05) is 0 Å². The van der Waals surface area contributed by atoms with Gasteiger partial charge in [0.1, 0.15) is 17.9 Å². The maximum Gasteiger partial charge on any atom is 0.312 e. The molecule has 0 spiro atoms. The number of carbonyl (C=O) groups excluding carboxylic acids is 1. The lowest BCUT2D eigenvalue weighted by atomic mass is 10.2. The van der Waals surface area contributed by atoms with Crippen LogP contribution in [-0.4, -0.2) is 11.2 Å². The molecule has 0 N–H and O–H groups in total. The van der Waals surface area contributed by atoms with Crippen molar-refractivity contribution in [2.45, 2.75) is 0 Å². The van der Waals surface area contributed by atoms with E-state index in [1.54, 1.807) is 6.07 Å². The van der Waals surface area contributed by atoms with Gasteiger partial charge in [-0.3, -0.25) is 14.9 Å². The van der Waals surface area contributed by atoms with Gasteiger partial charge in [0, 0.05) is 22.2 Å². The van der Waals surface area contributed by atoms with Gasteiger partial charge in [-0.25, -0.2) is 4.39 Å². The molecule has 7 heteroatoms. The van der Waals surface area contributed by atoms with Crippen molar-refractivity contribution in [1.29, 1.82) is 0 Å². The van der Waals surface area contributed by atoms with Crippen molar-refractivity contribution in [3.63, 3.8) is 0 Å². The molecule has 0 saturated carbocycles. The van der Waals surface area contributed by atoms with Gasteiger partial charge in [-0.1, -0.05) is 15.9 Å². The second kappa shape index (κ2) is 5.79. The Morgan fingerprint density at radius 3 is 2.65 bits per heavy atom. The number of nitro benzene ring substituents is 1. The predicted molar refractivity (Wildman–Crippen MR) is 72.7 cm³/mol. The summed E-state index contributed by atoms with van der Waals surface area (Å²) in [5.41, 5.74) is -0.184. The number of benzene rings is 2. The number of ether oxygens (including phenoxy) is 1. The van der Waals surface area contributed by atoms with Gasteiger partial charge >= 0.3 is 5.69 Å². The van der Waals surface area contributed by atoms with Gasteiger partial charge < -0.3 is 4.74 Å². The molecule has 0 aromatic heterocycles. The fourth-order valence-corrected chi connectivity index (χ4v) is 1.91. The smallest absolute Gasteiger partial charge is 0.312 e. The van der Waals surface area contributed by atoms with Crippen LogP contribution in [0.2, 0.25) is 0 Å². The Balaban J connectivity index is 2.42. The van der Waals surface area contributed by atoms with Crippen molar-refractivity contribution in [3.05, 3.63) is 62.4 Å². The molecule has 0 amide bonds. The normalized spacial score (nSPS) is 10.1. The van der Waals surface area contributed by atoms with Gasteiger partial charge in [-0.15, -0.1) is 0 Å². The standard InChI is InChI=1S/C13H7BrFNO4/c14-9-1-2-13(12(5-9)16(18)19)20-11-4-8(7-17)3-10(15)6-11/h1-7H. The number of carbonyl (C=O) groups is 1. The lowest BCUT2D eigenvalue weighted by Crippen LogP contribution is -1.94. The zero-order chi connectivity index (χ0) is 14.7. The van der Waals surface area contributed by atoms with Crippen LogP contribution in [0.15, 0.2) is 40.9 Å². The highest BCUT2D eigenvalue weighted by atomic mass is 79.9. The summed E-state index contributed by atoms with van der Waals surface area (Å²) >= 11 is 3.12. The molecule has 5 nitrogen and oxygen atoms in total. The van der Waals surface area contributed by atoms with E-state index >= 15 is 0 Å². The Kier molecular flexibility index (Phi) is 4.09. The molecule has 20 heavy (non-hydrogen) atoms. The van der Waals surface area contributed by atoms with Crippen LogP contribution in [0.5, 0.6) is 11.5 Å². The molecule has 0 fully saturated rings. The molecule has 0 unspecified atom stereocenters. The van der Waals surface area contributed by atoms with E-state index in [1.165, 1.54) is 18.2 Å². The number of rotatable bonds is 4. The Morgan fingerprint density at radius 2 is 2.00 bits per heavy atom. The van der Waals surface area contributed by atoms with Crippen LogP contribution >= 0.6 is 15.9 Å². The first-order chi connectivity index (χ1) is 9.49. The van der Waals surface area contributed by atoms with Crippen LogP contribution in [0.1, 0.15) is 10.4 Å². The minimum atomic E-state index is -0.663. The highest BCUT2D eigenvalue weighted by molar-refractivity contribution is 9.10. The quantitative estimate of drug-likeness (QED) is 0.477. The summed E-state index contributed by atoms with van der Waals surface area (Å²) in [6.45, 7) is 0. The third kappa shape index (κ3) is 3.18. The van der Waals surface area contributed by atoms with Crippen molar-refractivity contribution in [2.75, 3.05) is 0 Å². The summed E-state index contributed by atoms with van der Waals surface area (Å²) in [6.07, 6.45) is 0.464. The van der Waals surface area contributed by atoms with E-state index < -0.39 is 10.7 Å². The van der Waals surface area contributed by atoms with Crippen LogP contribution in [0, 0.1) is 15.9 Å². The molecule has 2 aromatic carbocycles. The van der Waals surface area contributed by atoms with E-state index in [4.69, 9.17) is 4.74 Å². The highest BCUT2D eigenvalue weighted by Crippen LogP contribution is 2.34. The minimum absolute atomic E-state index is 0.0116. The van der Waals surface area contributed by atoms with Crippen LogP contribution in [0.25, 0.3) is 0 Å². The zero-order valence-electron chi connectivity index (χ0n) is 9.88. The maximum absolute atomic E-state index is 13.3. The SMILES string of the molecule is O=Cc1cc(F)cc(Oc2ccc(Br)cc2[N+](=O)[O-])c1. The molecule has 0 aliphatic rings. The number of aldehydes is 1. The van der Waals surface area contributed by atoms with E-state index in [2.05, 4.69) is 15.9 Å². The lowest BCUT2D eigenvalue weighted by Gasteiger charge is -2.07. The van der Waals surface area contributed by atoms with E-state index in [0.29, 0.717) is 10.8 Å². The maximum atomic E-state index is 13.3. The molecule has 0 aliphatic carbocycles. The molecular weight excluding hydrogens is 333 g/mol. The summed E-state index contributed by atoms with van der Waals surface area (Å²) in [5.74, 6) is -0.692. The summed E-state index contributed by atoms with van der Waals surface area (Å²) in [5, 5.41) is 10.9. The summed E-state index contributed by atoms with van der Waals surface area (Å²) in [6, 6.07) is 7.59. The van der Waals surface area contributed by atoms with Gasteiger partial charge in [0.2, 0.25) is 5.75 Å². The number of halogens is 2.